The first kappa shape index (κ1) is 19.9. The zero-order valence-electron chi connectivity index (χ0n) is 14.9. The molecule has 132 valence electrons. The lowest BCUT2D eigenvalue weighted by Crippen LogP contribution is -2.42. The van der Waals surface area contributed by atoms with E-state index in [1.54, 1.807) is 39.0 Å². The monoisotopic (exact) mass is 343 g/mol. The maximum atomic E-state index is 12.2. The number of aliphatic hydroxyl groups is 1. The average molecular weight is 343 g/mol. The van der Waals surface area contributed by atoms with Gasteiger partial charge in [0, 0.05) is 12.1 Å². The van der Waals surface area contributed by atoms with Crippen LogP contribution in [0.15, 0.2) is 23.1 Å². The first-order valence-electron chi connectivity index (χ1n) is 7.84. The van der Waals surface area contributed by atoms with Crippen LogP contribution in [0.25, 0.3) is 0 Å². The highest BCUT2D eigenvalue weighted by atomic mass is 32.2. The lowest BCUT2D eigenvalue weighted by atomic mass is 10.1. The van der Waals surface area contributed by atoms with Gasteiger partial charge in [0.05, 0.1) is 10.1 Å². The van der Waals surface area contributed by atoms with Crippen LogP contribution in [-0.2, 0) is 9.84 Å². The minimum absolute atomic E-state index is 0.0651. The quantitative estimate of drug-likeness (QED) is 0.794. The van der Waals surface area contributed by atoms with Crippen LogP contribution in [0.1, 0.15) is 40.2 Å². The maximum Gasteiger partial charge on any atom is 0.180 e. The molecule has 0 spiro atoms. The molecule has 1 atom stereocenters. The number of aryl methyl sites for hydroxylation is 1. The molecule has 0 heterocycles. The molecule has 0 saturated heterocycles. The Kier molecular flexibility index (Phi) is 6.62. The highest BCUT2D eigenvalue weighted by Crippen LogP contribution is 2.24. The van der Waals surface area contributed by atoms with Gasteiger partial charge in [0.2, 0.25) is 0 Å². The number of hydrogen-bond donors (Lipinski definition) is 2. The standard InChI is InChI=1S/C17H29NO4S/c1-12(2)23(20,21)16-8-7-15(9-13(16)3)22-11-14(19)10-18-17(4,5)6/h7-9,12,14,18-19H,10-11H2,1-6H3. The Morgan fingerprint density at radius 2 is 1.87 bits per heavy atom. The number of ether oxygens (including phenoxy) is 1. The maximum absolute atomic E-state index is 12.2. The van der Waals surface area contributed by atoms with Crippen molar-refractivity contribution in [1.82, 2.24) is 5.32 Å². The Labute approximate surface area is 140 Å². The second-order valence-corrected chi connectivity index (χ2v) is 9.59. The highest BCUT2D eigenvalue weighted by molar-refractivity contribution is 7.92. The lowest BCUT2D eigenvalue weighted by molar-refractivity contribution is 0.1000. The third kappa shape index (κ3) is 6.12. The molecule has 1 unspecified atom stereocenters. The number of β-amino-alcohol motifs (C(OH)–C–C–N with tert-alkyl or cyclic N) is 1. The van der Waals surface area contributed by atoms with Crippen LogP contribution in [-0.4, -0.2) is 43.6 Å². The first-order chi connectivity index (χ1) is 10.4. The number of hydrogen-bond acceptors (Lipinski definition) is 5. The summed E-state index contributed by atoms with van der Waals surface area (Å²) in [5, 5.41) is 12.7. The minimum atomic E-state index is -3.30. The Morgan fingerprint density at radius 1 is 1.26 bits per heavy atom. The van der Waals surface area contributed by atoms with E-state index in [9.17, 15) is 13.5 Å². The van der Waals surface area contributed by atoms with Gasteiger partial charge in [0.15, 0.2) is 9.84 Å². The zero-order chi connectivity index (χ0) is 17.8. The van der Waals surface area contributed by atoms with Gasteiger partial charge < -0.3 is 15.2 Å². The van der Waals surface area contributed by atoms with Gasteiger partial charge in [-0.25, -0.2) is 8.42 Å². The summed E-state index contributed by atoms with van der Waals surface area (Å²) in [5.74, 6) is 0.556. The van der Waals surface area contributed by atoms with Crippen molar-refractivity contribution in [2.75, 3.05) is 13.2 Å². The van der Waals surface area contributed by atoms with Gasteiger partial charge in [0.25, 0.3) is 0 Å². The van der Waals surface area contributed by atoms with Gasteiger partial charge in [-0.1, -0.05) is 0 Å². The van der Waals surface area contributed by atoms with E-state index in [0.29, 0.717) is 22.8 Å². The molecule has 0 amide bonds. The van der Waals surface area contributed by atoms with Crippen LogP contribution < -0.4 is 10.1 Å². The molecule has 5 nitrogen and oxygen atoms in total. The molecule has 0 aromatic heterocycles. The molecule has 1 aromatic rings. The number of rotatable bonds is 7. The van der Waals surface area contributed by atoms with Crippen LogP contribution in [0, 0.1) is 6.92 Å². The SMILES string of the molecule is Cc1cc(OCC(O)CNC(C)(C)C)ccc1S(=O)(=O)C(C)C. The summed E-state index contributed by atoms with van der Waals surface area (Å²) in [4.78, 5) is 0.329. The molecular formula is C17H29NO4S. The summed E-state index contributed by atoms with van der Waals surface area (Å²) < 4.78 is 30.0. The molecule has 0 aliphatic carbocycles. The fourth-order valence-corrected chi connectivity index (χ4v) is 3.23. The number of benzene rings is 1. The van der Waals surface area contributed by atoms with Crippen molar-refractivity contribution >= 4 is 9.84 Å². The van der Waals surface area contributed by atoms with Crippen molar-refractivity contribution in [3.63, 3.8) is 0 Å². The van der Waals surface area contributed by atoms with Crippen molar-refractivity contribution in [3.05, 3.63) is 23.8 Å². The highest BCUT2D eigenvalue weighted by Gasteiger charge is 2.21. The van der Waals surface area contributed by atoms with Gasteiger partial charge in [-0.2, -0.15) is 0 Å². The predicted octanol–water partition coefficient (Wildman–Crippen LogP) is 2.30. The van der Waals surface area contributed by atoms with Crippen LogP contribution in [0.3, 0.4) is 0 Å². The Bertz CT molecular complexity index is 618. The van der Waals surface area contributed by atoms with E-state index in [0.717, 1.165) is 0 Å². The molecule has 0 saturated carbocycles. The third-order valence-corrected chi connectivity index (χ3v) is 5.70. The molecule has 1 aromatic carbocycles. The summed E-state index contributed by atoms with van der Waals surface area (Å²) >= 11 is 0. The summed E-state index contributed by atoms with van der Waals surface area (Å²) in [6.07, 6.45) is -0.631. The van der Waals surface area contributed by atoms with E-state index < -0.39 is 21.2 Å². The predicted molar refractivity (Wildman–Crippen MR) is 92.8 cm³/mol. The van der Waals surface area contributed by atoms with Crippen LogP contribution in [0.2, 0.25) is 0 Å². The van der Waals surface area contributed by atoms with Gasteiger partial charge >= 0.3 is 0 Å². The molecule has 0 fully saturated rings. The Hall–Kier alpha value is -1.11. The van der Waals surface area contributed by atoms with E-state index in [1.165, 1.54) is 0 Å². The minimum Gasteiger partial charge on any atom is -0.491 e. The largest absolute Gasteiger partial charge is 0.491 e. The normalized spacial score (nSPS) is 14.1. The van der Waals surface area contributed by atoms with E-state index in [2.05, 4.69) is 5.32 Å². The van der Waals surface area contributed by atoms with Gasteiger partial charge in [-0.05, 0) is 65.3 Å². The fourth-order valence-electron chi connectivity index (χ4n) is 1.96. The molecule has 2 N–H and O–H groups in total. The van der Waals surface area contributed by atoms with Crippen molar-refractivity contribution < 1.29 is 18.3 Å². The lowest BCUT2D eigenvalue weighted by Gasteiger charge is -2.23. The van der Waals surface area contributed by atoms with Crippen LogP contribution in [0.5, 0.6) is 5.75 Å². The van der Waals surface area contributed by atoms with Crippen molar-refractivity contribution in [2.45, 2.75) is 63.3 Å². The molecule has 0 aliphatic heterocycles. The molecule has 6 heteroatoms. The smallest absolute Gasteiger partial charge is 0.180 e. The average Bonchev–Trinajstić information content (AvgIpc) is 2.41. The van der Waals surface area contributed by atoms with E-state index in [1.807, 2.05) is 20.8 Å². The second-order valence-electron chi connectivity index (χ2n) is 7.12. The van der Waals surface area contributed by atoms with Crippen molar-refractivity contribution in [3.8, 4) is 5.75 Å². The zero-order valence-corrected chi connectivity index (χ0v) is 15.7. The summed E-state index contributed by atoms with van der Waals surface area (Å²) in [6, 6.07) is 4.89. The Morgan fingerprint density at radius 3 is 2.35 bits per heavy atom. The molecule has 0 bridgehead atoms. The number of sulfone groups is 1. The van der Waals surface area contributed by atoms with Crippen LogP contribution in [0.4, 0.5) is 0 Å². The van der Waals surface area contributed by atoms with Gasteiger partial charge in [0.1, 0.15) is 18.5 Å². The van der Waals surface area contributed by atoms with Crippen molar-refractivity contribution in [2.24, 2.45) is 0 Å². The first-order valence-corrected chi connectivity index (χ1v) is 9.38. The second kappa shape index (κ2) is 7.64. The number of nitrogens with one attached hydrogen (secondary N) is 1. The fraction of sp³-hybridized carbons (Fsp3) is 0.647. The summed E-state index contributed by atoms with van der Waals surface area (Å²) in [7, 11) is -3.30. The number of aliphatic hydroxyl groups excluding tert-OH is 1. The summed E-state index contributed by atoms with van der Waals surface area (Å²) in [6.45, 7) is 11.7. The molecular weight excluding hydrogens is 314 g/mol. The third-order valence-electron chi connectivity index (χ3n) is 3.38. The van der Waals surface area contributed by atoms with Gasteiger partial charge in [-0.15, -0.1) is 0 Å². The van der Waals surface area contributed by atoms with E-state index in [4.69, 9.17) is 4.74 Å². The Balaban J connectivity index is 2.69. The molecule has 23 heavy (non-hydrogen) atoms. The molecule has 0 aliphatic rings. The van der Waals surface area contributed by atoms with Crippen LogP contribution >= 0.6 is 0 Å². The van der Waals surface area contributed by atoms with E-state index in [-0.39, 0.29) is 12.1 Å². The summed E-state index contributed by atoms with van der Waals surface area (Å²) in [5.41, 5.74) is 0.586. The van der Waals surface area contributed by atoms with Crippen molar-refractivity contribution in [1.29, 1.82) is 0 Å². The van der Waals surface area contributed by atoms with E-state index >= 15 is 0 Å². The molecule has 0 radical (unpaired) electrons. The molecule has 1 rings (SSSR count). The topological polar surface area (TPSA) is 75.6 Å². The van der Waals surface area contributed by atoms with Gasteiger partial charge in [-0.3, -0.25) is 0 Å².